The summed E-state index contributed by atoms with van der Waals surface area (Å²) in [4.78, 5) is 20.0. The Morgan fingerprint density at radius 3 is 2.38 bits per heavy atom. The fraction of sp³-hybridized carbons (Fsp3) is 0. The number of nitro groups is 1. The van der Waals surface area contributed by atoms with Crippen molar-refractivity contribution in [2.45, 2.75) is 4.90 Å². The summed E-state index contributed by atoms with van der Waals surface area (Å²) >= 11 is 1.47. The van der Waals surface area contributed by atoms with E-state index in [0.29, 0.717) is 0 Å². The highest BCUT2D eigenvalue weighted by Crippen LogP contribution is 2.31. The molecule has 0 bridgehead atoms. The average molecular weight is 376 g/mol. The van der Waals surface area contributed by atoms with E-state index in [1.165, 1.54) is 22.6 Å². The molecule has 0 radical (unpaired) electrons. The van der Waals surface area contributed by atoms with E-state index < -0.39 is 19.7 Å². The van der Waals surface area contributed by atoms with Gasteiger partial charge >= 0.3 is 0 Å². The molecule has 0 heterocycles. The van der Waals surface area contributed by atoms with Gasteiger partial charge in [-0.3, -0.25) is 14.9 Å². The van der Waals surface area contributed by atoms with Crippen molar-refractivity contribution in [1.82, 2.24) is 0 Å². The first-order chi connectivity index (χ1) is 7.29. The third-order valence-electron chi connectivity index (χ3n) is 1.68. The number of benzene rings is 1. The average Bonchev–Trinajstić information content (AvgIpc) is 2.14. The van der Waals surface area contributed by atoms with E-state index in [9.17, 15) is 23.3 Å². The molecule has 9 heteroatoms. The maximum absolute atomic E-state index is 11.1. The van der Waals surface area contributed by atoms with Crippen LogP contribution in [0.2, 0.25) is 0 Å². The standard InChI is InChI=1S/C7H3ClINO5S/c8-16(14,15)5-2-1-4(3-11)7(6(5)9)10(12)13/h1-3H. The van der Waals surface area contributed by atoms with Gasteiger partial charge in [0.1, 0.15) is 8.47 Å². The zero-order chi connectivity index (χ0) is 12.5. The second-order valence-corrected chi connectivity index (χ2v) is 6.24. The quantitative estimate of drug-likeness (QED) is 0.264. The van der Waals surface area contributed by atoms with Crippen LogP contribution in [0.25, 0.3) is 0 Å². The highest BCUT2D eigenvalue weighted by Gasteiger charge is 2.26. The second kappa shape index (κ2) is 4.63. The number of nitro benzene ring substituents is 1. The maximum atomic E-state index is 11.1. The van der Waals surface area contributed by atoms with E-state index in [-0.39, 0.29) is 20.3 Å². The van der Waals surface area contributed by atoms with E-state index in [0.717, 1.165) is 12.1 Å². The Bertz CT molecular complexity index is 570. The van der Waals surface area contributed by atoms with Crippen molar-refractivity contribution in [2.24, 2.45) is 0 Å². The fourth-order valence-corrected chi connectivity index (χ4v) is 3.91. The van der Waals surface area contributed by atoms with Crippen LogP contribution in [0.15, 0.2) is 17.0 Å². The van der Waals surface area contributed by atoms with Gasteiger partial charge in [0.2, 0.25) is 0 Å². The predicted octanol–water partition coefficient (Wildman–Crippen LogP) is 1.94. The number of rotatable bonds is 3. The summed E-state index contributed by atoms with van der Waals surface area (Å²) in [5, 5.41) is 10.7. The molecular weight excluding hydrogens is 373 g/mol. The van der Waals surface area contributed by atoms with Crippen molar-refractivity contribution in [3.05, 3.63) is 31.4 Å². The molecule has 16 heavy (non-hydrogen) atoms. The third kappa shape index (κ3) is 2.50. The molecule has 0 aromatic heterocycles. The molecule has 0 aliphatic carbocycles. The number of nitrogens with zero attached hydrogens (tertiary/aromatic N) is 1. The highest BCUT2D eigenvalue weighted by molar-refractivity contribution is 14.1. The molecule has 86 valence electrons. The third-order valence-corrected chi connectivity index (χ3v) is 4.51. The molecule has 0 atom stereocenters. The van der Waals surface area contributed by atoms with Crippen LogP contribution in [-0.4, -0.2) is 19.6 Å². The topological polar surface area (TPSA) is 94.3 Å². The number of aldehydes is 1. The monoisotopic (exact) mass is 375 g/mol. The molecule has 1 rings (SSSR count). The van der Waals surface area contributed by atoms with Crippen molar-refractivity contribution in [3.63, 3.8) is 0 Å². The number of halogens is 2. The van der Waals surface area contributed by atoms with Crippen LogP contribution in [-0.2, 0) is 9.05 Å². The minimum atomic E-state index is -4.07. The molecule has 0 aliphatic rings. The minimum Gasteiger partial charge on any atom is -0.298 e. The minimum absolute atomic E-state index is 0.179. The highest BCUT2D eigenvalue weighted by atomic mass is 127. The maximum Gasteiger partial charge on any atom is 0.294 e. The Balaban J connectivity index is 3.70. The predicted molar refractivity (Wildman–Crippen MR) is 64.2 cm³/mol. The Morgan fingerprint density at radius 2 is 2.00 bits per heavy atom. The van der Waals surface area contributed by atoms with Gasteiger partial charge in [0, 0.05) is 10.7 Å². The van der Waals surface area contributed by atoms with Crippen molar-refractivity contribution < 1.29 is 18.1 Å². The van der Waals surface area contributed by atoms with Gasteiger partial charge in [-0.1, -0.05) is 0 Å². The summed E-state index contributed by atoms with van der Waals surface area (Å²) in [7, 11) is 1.02. The Labute approximate surface area is 108 Å². The normalized spacial score (nSPS) is 11.1. The van der Waals surface area contributed by atoms with E-state index >= 15 is 0 Å². The van der Waals surface area contributed by atoms with Gasteiger partial charge in [0.15, 0.2) is 6.29 Å². The summed E-state index contributed by atoms with van der Waals surface area (Å²) < 4.78 is 22.0. The van der Waals surface area contributed by atoms with Gasteiger partial charge in [0.25, 0.3) is 14.7 Å². The molecule has 0 fully saturated rings. The van der Waals surface area contributed by atoms with Gasteiger partial charge in [-0.25, -0.2) is 8.42 Å². The molecule has 6 nitrogen and oxygen atoms in total. The molecule has 0 aliphatic heterocycles. The van der Waals surface area contributed by atoms with Crippen LogP contribution in [0.4, 0.5) is 5.69 Å². The smallest absolute Gasteiger partial charge is 0.294 e. The van der Waals surface area contributed by atoms with Crippen LogP contribution in [0.3, 0.4) is 0 Å². The lowest BCUT2D eigenvalue weighted by atomic mass is 10.2. The summed E-state index contributed by atoms with van der Waals surface area (Å²) in [5.74, 6) is 0. The molecule has 1 aromatic carbocycles. The second-order valence-electron chi connectivity index (χ2n) is 2.63. The number of hydrogen-bond acceptors (Lipinski definition) is 5. The van der Waals surface area contributed by atoms with Gasteiger partial charge < -0.3 is 0 Å². The van der Waals surface area contributed by atoms with E-state index in [1.807, 2.05) is 0 Å². The largest absolute Gasteiger partial charge is 0.298 e. The van der Waals surface area contributed by atoms with Crippen molar-refractivity contribution in [1.29, 1.82) is 0 Å². The molecule has 0 saturated heterocycles. The van der Waals surface area contributed by atoms with Crippen LogP contribution >= 0.6 is 33.3 Å². The molecule has 0 amide bonds. The van der Waals surface area contributed by atoms with Crippen molar-refractivity contribution in [2.75, 3.05) is 0 Å². The number of carbonyl (C=O) groups excluding carboxylic acids is 1. The molecule has 0 spiro atoms. The van der Waals surface area contributed by atoms with Crippen LogP contribution in [0.5, 0.6) is 0 Å². The zero-order valence-electron chi connectivity index (χ0n) is 7.38. The first kappa shape index (κ1) is 13.3. The van der Waals surface area contributed by atoms with Crippen molar-refractivity contribution in [3.8, 4) is 0 Å². The van der Waals surface area contributed by atoms with Gasteiger partial charge in [-0.05, 0) is 34.7 Å². The van der Waals surface area contributed by atoms with Gasteiger partial charge in [-0.2, -0.15) is 0 Å². The molecular formula is C7H3ClINO5S. The lowest BCUT2D eigenvalue weighted by Gasteiger charge is -2.03. The summed E-state index contributed by atoms with van der Waals surface area (Å²) in [6, 6.07) is 2.10. The summed E-state index contributed by atoms with van der Waals surface area (Å²) in [6.45, 7) is 0. The molecule has 0 saturated carbocycles. The van der Waals surface area contributed by atoms with E-state index in [1.54, 1.807) is 0 Å². The molecule has 0 N–H and O–H groups in total. The zero-order valence-corrected chi connectivity index (χ0v) is 11.1. The van der Waals surface area contributed by atoms with Crippen LogP contribution < -0.4 is 0 Å². The van der Waals surface area contributed by atoms with E-state index in [2.05, 4.69) is 0 Å². The lowest BCUT2D eigenvalue weighted by Crippen LogP contribution is -2.03. The van der Waals surface area contributed by atoms with Gasteiger partial charge in [0.05, 0.1) is 10.5 Å². The number of hydrogen-bond donors (Lipinski definition) is 0. The summed E-state index contributed by atoms with van der Waals surface area (Å²) in [6.07, 6.45) is 0.283. The lowest BCUT2D eigenvalue weighted by molar-refractivity contribution is -0.386. The first-order valence-corrected chi connectivity index (χ1v) is 7.04. The van der Waals surface area contributed by atoms with Crippen molar-refractivity contribution >= 4 is 54.3 Å². The van der Waals surface area contributed by atoms with Gasteiger partial charge in [-0.15, -0.1) is 0 Å². The summed E-state index contributed by atoms with van der Waals surface area (Å²) in [5.41, 5.74) is -0.754. The van der Waals surface area contributed by atoms with E-state index in [4.69, 9.17) is 10.7 Å². The Kier molecular flexibility index (Phi) is 3.86. The molecule has 1 aromatic rings. The molecule has 0 unspecified atom stereocenters. The fourth-order valence-electron chi connectivity index (χ4n) is 1.03. The first-order valence-electron chi connectivity index (χ1n) is 3.65. The number of carbonyl (C=O) groups is 1. The van der Waals surface area contributed by atoms with Crippen LogP contribution in [0, 0.1) is 13.7 Å². The SMILES string of the molecule is O=Cc1ccc(S(=O)(=O)Cl)c(I)c1[N+](=O)[O-]. The van der Waals surface area contributed by atoms with Crippen LogP contribution in [0.1, 0.15) is 10.4 Å². The Morgan fingerprint density at radius 1 is 1.44 bits per heavy atom. The Hall–Kier alpha value is -0.740.